The molecule has 1 aromatic heterocycles. The molecule has 0 spiro atoms. The maximum atomic E-state index is 5.98. The number of nitrogens with zero attached hydrogens (tertiary/aromatic N) is 1. The van der Waals surface area contributed by atoms with Crippen molar-refractivity contribution >= 4 is 28.6 Å². The molecule has 0 fully saturated rings. The molecule has 0 amide bonds. The van der Waals surface area contributed by atoms with Crippen LogP contribution in [0.3, 0.4) is 0 Å². The Kier molecular flexibility index (Phi) is 4.17. The van der Waals surface area contributed by atoms with Gasteiger partial charge < -0.3 is 4.74 Å². The van der Waals surface area contributed by atoms with E-state index in [2.05, 4.69) is 4.98 Å². The third kappa shape index (κ3) is 3.61. The summed E-state index contributed by atoms with van der Waals surface area (Å²) in [7, 11) is 0. The van der Waals surface area contributed by atoms with Crippen LogP contribution < -0.4 is 0 Å². The molecule has 104 valence electrons. The second kappa shape index (κ2) is 6.42. The largest absolute Gasteiger partial charge is 0.496 e. The van der Waals surface area contributed by atoms with Gasteiger partial charge in [-0.1, -0.05) is 54.1 Å². The summed E-state index contributed by atoms with van der Waals surface area (Å²) in [4.78, 5) is 4.53. The topological polar surface area (TPSA) is 22.1 Å². The average molecular weight is 296 g/mol. The summed E-state index contributed by atoms with van der Waals surface area (Å²) in [5.74, 6) is 0. The normalized spacial score (nSPS) is 11.1. The molecular formula is C18H14ClNO. The summed E-state index contributed by atoms with van der Waals surface area (Å²) in [5.41, 5.74) is 2.87. The van der Waals surface area contributed by atoms with Crippen LogP contribution in [0.15, 0.2) is 66.9 Å². The van der Waals surface area contributed by atoms with Crippen LogP contribution in [-0.4, -0.2) is 4.98 Å². The Labute approximate surface area is 128 Å². The smallest absolute Gasteiger partial charge is 0.112 e. The van der Waals surface area contributed by atoms with Crippen LogP contribution >= 0.6 is 11.6 Å². The molecule has 0 saturated heterocycles. The molecule has 0 bridgehead atoms. The predicted molar refractivity (Wildman–Crippen MR) is 87.0 cm³/mol. The average Bonchev–Trinajstić information content (AvgIpc) is 2.52. The molecule has 0 radical (unpaired) electrons. The quantitative estimate of drug-likeness (QED) is 0.627. The number of rotatable bonds is 4. The van der Waals surface area contributed by atoms with Crippen LogP contribution in [0.5, 0.6) is 0 Å². The van der Waals surface area contributed by atoms with E-state index in [1.165, 1.54) is 0 Å². The van der Waals surface area contributed by atoms with Gasteiger partial charge in [-0.15, -0.1) is 0 Å². The standard InChI is InChI=1S/C18H14ClNO/c19-16-8-6-15-7-9-17(20-18(15)12-16)10-11-21-13-14-4-2-1-3-5-14/h1-12H,13H2. The fraction of sp³-hybridized carbons (Fsp3) is 0.0556. The summed E-state index contributed by atoms with van der Waals surface area (Å²) in [6.45, 7) is 0.552. The van der Waals surface area contributed by atoms with Gasteiger partial charge in [-0.05, 0) is 29.8 Å². The van der Waals surface area contributed by atoms with E-state index in [1.807, 2.05) is 66.7 Å². The summed E-state index contributed by atoms with van der Waals surface area (Å²) < 4.78 is 5.51. The lowest BCUT2D eigenvalue weighted by atomic mass is 10.2. The fourth-order valence-electron chi connectivity index (χ4n) is 2.04. The minimum absolute atomic E-state index is 0.552. The Morgan fingerprint density at radius 3 is 2.67 bits per heavy atom. The van der Waals surface area contributed by atoms with E-state index in [-0.39, 0.29) is 0 Å². The molecule has 2 aromatic carbocycles. The molecule has 0 atom stereocenters. The summed E-state index contributed by atoms with van der Waals surface area (Å²) in [6.07, 6.45) is 3.52. The Morgan fingerprint density at radius 2 is 1.81 bits per heavy atom. The maximum absolute atomic E-state index is 5.98. The van der Waals surface area contributed by atoms with Gasteiger partial charge in [0.05, 0.1) is 17.5 Å². The van der Waals surface area contributed by atoms with Crippen molar-refractivity contribution in [2.75, 3.05) is 0 Å². The Balaban J connectivity index is 1.68. The second-order valence-corrected chi connectivity index (χ2v) is 5.11. The van der Waals surface area contributed by atoms with E-state index in [1.54, 1.807) is 6.26 Å². The second-order valence-electron chi connectivity index (χ2n) is 4.67. The van der Waals surface area contributed by atoms with Crippen molar-refractivity contribution in [3.05, 3.63) is 83.2 Å². The van der Waals surface area contributed by atoms with E-state index in [9.17, 15) is 0 Å². The number of benzene rings is 2. The van der Waals surface area contributed by atoms with Gasteiger partial charge in [0, 0.05) is 10.4 Å². The van der Waals surface area contributed by atoms with Crippen LogP contribution in [0.25, 0.3) is 17.0 Å². The van der Waals surface area contributed by atoms with Crippen molar-refractivity contribution in [1.29, 1.82) is 0 Å². The molecule has 1 heterocycles. The minimum atomic E-state index is 0.552. The lowest BCUT2D eigenvalue weighted by molar-refractivity contribution is 0.239. The lowest BCUT2D eigenvalue weighted by Gasteiger charge is -2.01. The van der Waals surface area contributed by atoms with Crippen LogP contribution in [0, 0.1) is 0 Å². The van der Waals surface area contributed by atoms with Crippen LogP contribution in [0.4, 0.5) is 0 Å². The number of fused-ring (bicyclic) bond motifs is 1. The molecule has 0 aliphatic heterocycles. The highest BCUT2D eigenvalue weighted by atomic mass is 35.5. The van der Waals surface area contributed by atoms with Crippen LogP contribution in [-0.2, 0) is 11.3 Å². The van der Waals surface area contributed by atoms with Crippen molar-refractivity contribution in [3.63, 3.8) is 0 Å². The van der Waals surface area contributed by atoms with Crippen LogP contribution in [0.1, 0.15) is 11.3 Å². The Hall–Kier alpha value is -2.32. The van der Waals surface area contributed by atoms with E-state index in [0.29, 0.717) is 11.6 Å². The van der Waals surface area contributed by atoms with E-state index >= 15 is 0 Å². The SMILES string of the molecule is Clc1ccc2ccc(C=COCc3ccccc3)nc2c1. The van der Waals surface area contributed by atoms with Gasteiger partial charge in [0.2, 0.25) is 0 Å². The van der Waals surface area contributed by atoms with Gasteiger partial charge in [-0.3, -0.25) is 0 Å². The van der Waals surface area contributed by atoms with Gasteiger partial charge in [-0.2, -0.15) is 0 Å². The molecule has 3 rings (SSSR count). The highest BCUT2D eigenvalue weighted by Gasteiger charge is 1.97. The molecule has 3 heteroatoms. The van der Waals surface area contributed by atoms with E-state index in [0.717, 1.165) is 22.2 Å². The number of hydrogen-bond acceptors (Lipinski definition) is 2. The first-order valence-electron chi connectivity index (χ1n) is 6.70. The molecular weight excluding hydrogens is 282 g/mol. The van der Waals surface area contributed by atoms with E-state index in [4.69, 9.17) is 16.3 Å². The fourth-order valence-corrected chi connectivity index (χ4v) is 2.20. The first-order valence-corrected chi connectivity index (χ1v) is 7.07. The summed E-state index contributed by atoms with van der Waals surface area (Å²) in [5, 5.41) is 1.76. The third-order valence-corrected chi connectivity index (χ3v) is 3.34. The van der Waals surface area contributed by atoms with Gasteiger partial charge in [0.25, 0.3) is 0 Å². The molecule has 0 saturated carbocycles. The predicted octanol–water partition coefficient (Wildman–Crippen LogP) is 5.08. The zero-order valence-corrected chi connectivity index (χ0v) is 12.1. The van der Waals surface area contributed by atoms with Gasteiger partial charge in [-0.25, -0.2) is 4.98 Å². The third-order valence-electron chi connectivity index (χ3n) is 3.10. The highest BCUT2D eigenvalue weighted by molar-refractivity contribution is 6.31. The number of aromatic nitrogens is 1. The lowest BCUT2D eigenvalue weighted by Crippen LogP contribution is -1.86. The Bertz CT molecular complexity index is 769. The number of ether oxygens (including phenoxy) is 1. The molecule has 0 aliphatic carbocycles. The first kappa shape index (κ1) is 13.7. The zero-order valence-electron chi connectivity index (χ0n) is 11.4. The van der Waals surface area contributed by atoms with Crippen molar-refractivity contribution in [1.82, 2.24) is 4.98 Å². The molecule has 2 nitrogen and oxygen atoms in total. The first-order chi connectivity index (χ1) is 10.3. The molecule has 0 unspecified atom stereocenters. The molecule has 3 aromatic rings. The van der Waals surface area contributed by atoms with Gasteiger partial charge in [0.1, 0.15) is 6.61 Å². The van der Waals surface area contributed by atoms with Crippen molar-refractivity contribution < 1.29 is 4.74 Å². The zero-order chi connectivity index (χ0) is 14.5. The highest BCUT2D eigenvalue weighted by Crippen LogP contribution is 2.18. The minimum Gasteiger partial charge on any atom is -0.496 e. The Morgan fingerprint density at radius 1 is 1.00 bits per heavy atom. The molecule has 21 heavy (non-hydrogen) atoms. The molecule has 0 aliphatic rings. The number of halogens is 1. The monoisotopic (exact) mass is 295 g/mol. The summed E-state index contributed by atoms with van der Waals surface area (Å²) >= 11 is 5.98. The number of hydrogen-bond donors (Lipinski definition) is 0. The van der Waals surface area contributed by atoms with Crippen LogP contribution in [0.2, 0.25) is 5.02 Å². The van der Waals surface area contributed by atoms with Gasteiger partial charge in [0.15, 0.2) is 0 Å². The number of pyridine rings is 1. The maximum Gasteiger partial charge on any atom is 0.112 e. The van der Waals surface area contributed by atoms with Crippen molar-refractivity contribution in [2.24, 2.45) is 0 Å². The van der Waals surface area contributed by atoms with Gasteiger partial charge >= 0.3 is 0 Å². The van der Waals surface area contributed by atoms with E-state index < -0.39 is 0 Å². The molecule has 0 N–H and O–H groups in total. The van der Waals surface area contributed by atoms with Crippen molar-refractivity contribution in [2.45, 2.75) is 6.61 Å². The summed E-state index contributed by atoms with van der Waals surface area (Å²) in [6, 6.07) is 19.7. The van der Waals surface area contributed by atoms with Crippen molar-refractivity contribution in [3.8, 4) is 0 Å².